The molecule has 0 radical (unpaired) electrons. The first-order valence-electron chi connectivity index (χ1n) is 11.6. The van der Waals surface area contributed by atoms with Crippen LogP contribution >= 0.6 is 0 Å². The molecule has 186 valence electrons. The molecule has 1 aliphatic heterocycles. The molecule has 2 fully saturated rings. The summed E-state index contributed by atoms with van der Waals surface area (Å²) in [6.07, 6.45) is 5.89. The van der Waals surface area contributed by atoms with Crippen molar-refractivity contribution in [1.29, 1.82) is 0 Å². The number of ether oxygens (including phenoxy) is 2. The molecule has 1 amide bonds. The van der Waals surface area contributed by atoms with Crippen LogP contribution in [0.5, 0.6) is 0 Å². The topological polar surface area (TPSA) is 127 Å². The van der Waals surface area contributed by atoms with Gasteiger partial charge in [0, 0.05) is 52.5 Å². The predicted octanol–water partition coefficient (Wildman–Crippen LogP) is 1.74. The Hall–Kier alpha value is -3.48. The SMILES string of the molecule is CNc1cc(Nc2cccn(C3CC(OC)C3)c2=O)nc2c(C(=O)NN3CC[C@@]3(C)OC)cnn12. The maximum absolute atomic E-state index is 13.1. The molecule has 1 saturated heterocycles. The number of methoxy groups -OCH3 is 2. The van der Waals surface area contributed by atoms with Crippen molar-refractivity contribution in [3.63, 3.8) is 0 Å². The van der Waals surface area contributed by atoms with E-state index in [1.165, 1.54) is 6.20 Å². The van der Waals surface area contributed by atoms with Crippen LogP contribution in [0, 0.1) is 0 Å². The highest BCUT2D eigenvalue weighted by molar-refractivity contribution is 5.99. The number of fused-ring (bicyclic) bond motifs is 1. The predicted molar refractivity (Wildman–Crippen MR) is 130 cm³/mol. The van der Waals surface area contributed by atoms with E-state index in [4.69, 9.17) is 9.47 Å². The third-order valence-electron chi connectivity index (χ3n) is 7.05. The summed E-state index contributed by atoms with van der Waals surface area (Å²) in [5, 5.41) is 12.3. The lowest BCUT2D eigenvalue weighted by Crippen LogP contribution is -2.65. The van der Waals surface area contributed by atoms with Crippen molar-refractivity contribution in [1.82, 2.24) is 29.6 Å². The Balaban J connectivity index is 1.43. The van der Waals surface area contributed by atoms with Crippen LogP contribution in [0.1, 0.15) is 42.6 Å². The molecular weight excluding hydrogens is 452 g/mol. The standard InChI is InChI=1S/C23H30N8O4/c1-23(35-4)7-9-30(23)28-21(32)16-13-25-31-19(24-2)12-18(27-20(16)31)26-17-6-5-8-29(22(17)33)14-10-15(11-14)34-3/h5-6,8,12-15,24H,7,9-11H2,1-4H3,(H,26,27)(H,28,32)/t14?,15?,23-/m1/s1. The Kier molecular flexibility index (Phi) is 5.95. The van der Waals surface area contributed by atoms with Gasteiger partial charge in [-0.05, 0) is 31.9 Å². The first-order valence-corrected chi connectivity index (χ1v) is 11.6. The van der Waals surface area contributed by atoms with Gasteiger partial charge in [-0.2, -0.15) is 14.6 Å². The number of hydrogen-bond acceptors (Lipinski definition) is 9. The third kappa shape index (κ3) is 4.03. The molecule has 0 unspecified atom stereocenters. The van der Waals surface area contributed by atoms with Crippen molar-refractivity contribution >= 4 is 28.9 Å². The minimum absolute atomic E-state index is 0.113. The van der Waals surface area contributed by atoms with E-state index < -0.39 is 5.72 Å². The Bertz CT molecular complexity index is 1310. The van der Waals surface area contributed by atoms with Gasteiger partial charge in [-0.25, -0.2) is 4.98 Å². The molecule has 12 nitrogen and oxygen atoms in total. The van der Waals surface area contributed by atoms with E-state index in [2.05, 4.69) is 26.1 Å². The summed E-state index contributed by atoms with van der Waals surface area (Å²) in [4.78, 5) is 30.8. The summed E-state index contributed by atoms with van der Waals surface area (Å²) in [6, 6.07) is 5.40. The quantitative estimate of drug-likeness (QED) is 0.440. The molecule has 0 bridgehead atoms. The fraction of sp³-hybridized carbons (Fsp3) is 0.478. The highest BCUT2D eigenvalue weighted by Gasteiger charge is 2.42. The molecular formula is C23H30N8O4. The lowest BCUT2D eigenvalue weighted by molar-refractivity contribution is -0.206. The van der Waals surface area contributed by atoms with Gasteiger partial charge in [-0.15, -0.1) is 0 Å². The fourth-order valence-electron chi connectivity index (χ4n) is 4.46. The number of amides is 1. The second-order valence-electron chi connectivity index (χ2n) is 9.03. The lowest BCUT2D eigenvalue weighted by Gasteiger charge is -2.48. The lowest BCUT2D eigenvalue weighted by atomic mass is 9.89. The largest absolute Gasteiger partial charge is 0.381 e. The minimum atomic E-state index is -0.536. The summed E-state index contributed by atoms with van der Waals surface area (Å²) in [5.74, 6) is 0.690. The average Bonchev–Trinajstić information content (AvgIpc) is 3.26. The monoisotopic (exact) mass is 482 g/mol. The first kappa shape index (κ1) is 23.3. The number of nitrogens with zero attached hydrogens (tertiary/aromatic N) is 5. The summed E-state index contributed by atoms with van der Waals surface area (Å²) < 4.78 is 14.1. The van der Waals surface area contributed by atoms with Crippen LogP contribution < -0.4 is 21.6 Å². The maximum atomic E-state index is 13.1. The zero-order valence-corrected chi connectivity index (χ0v) is 20.2. The second-order valence-corrected chi connectivity index (χ2v) is 9.03. The molecule has 4 heterocycles. The van der Waals surface area contributed by atoms with E-state index in [0.29, 0.717) is 35.1 Å². The van der Waals surface area contributed by atoms with Gasteiger partial charge in [0.05, 0.1) is 12.3 Å². The molecule has 3 aromatic rings. The number of anilines is 3. The fourth-order valence-corrected chi connectivity index (χ4v) is 4.46. The van der Waals surface area contributed by atoms with Gasteiger partial charge in [0.2, 0.25) is 0 Å². The Morgan fingerprint density at radius 1 is 1.29 bits per heavy atom. The van der Waals surface area contributed by atoms with Crippen molar-refractivity contribution in [2.75, 3.05) is 38.4 Å². The molecule has 0 spiro atoms. The third-order valence-corrected chi connectivity index (χ3v) is 7.05. The van der Waals surface area contributed by atoms with Crippen molar-refractivity contribution in [3.8, 4) is 0 Å². The molecule has 1 aliphatic carbocycles. The molecule has 12 heteroatoms. The highest BCUT2D eigenvalue weighted by atomic mass is 16.5. The van der Waals surface area contributed by atoms with Crippen molar-refractivity contribution in [2.45, 2.75) is 44.1 Å². The molecule has 3 N–H and O–H groups in total. The molecule has 5 rings (SSSR count). The van der Waals surface area contributed by atoms with Crippen LogP contribution in [0.3, 0.4) is 0 Å². The Morgan fingerprint density at radius 3 is 2.74 bits per heavy atom. The van der Waals surface area contributed by atoms with Crippen molar-refractivity contribution in [2.24, 2.45) is 0 Å². The van der Waals surface area contributed by atoms with Gasteiger partial charge >= 0.3 is 0 Å². The number of hydrogen-bond donors (Lipinski definition) is 3. The number of carbonyl (C=O) groups excluding carboxylic acids is 1. The number of rotatable bonds is 8. The van der Waals surface area contributed by atoms with Gasteiger partial charge < -0.3 is 24.7 Å². The zero-order valence-electron chi connectivity index (χ0n) is 20.2. The van der Waals surface area contributed by atoms with Crippen molar-refractivity contribution in [3.05, 3.63) is 46.5 Å². The van der Waals surface area contributed by atoms with Crippen LogP contribution in [0.15, 0.2) is 35.4 Å². The average molecular weight is 483 g/mol. The van der Waals surface area contributed by atoms with E-state index in [-0.39, 0.29) is 23.6 Å². The first-order chi connectivity index (χ1) is 16.9. The van der Waals surface area contributed by atoms with Gasteiger partial charge in [0.1, 0.15) is 28.6 Å². The van der Waals surface area contributed by atoms with Gasteiger partial charge in [-0.1, -0.05) is 0 Å². The van der Waals surface area contributed by atoms with E-state index in [0.717, 1.165) is 19.3 Å². The molecule has 0 aromatic carbocycles. The summed E-state index contributed by atoms with van der Waals surface area (Å²) in [6.45, 7) is 2.60. The number of aromatic nitrogens is 4. The molecule has 1 atom stereocenters. The van der Waals surface area contributed by atoms with Gasteiger partial charge in [-0.3, -0.25) is 15.0 Å². The molecule has 2 aliphatic rings. The van der Waals surface area contributed by atoms with Crippen LogP contribution in [-0.4, -0.2) is 69.7 Å². The van der Waals surface area contributed by atoms with E-state index >= 15 is 0 Å². The number of hydrazine groups is 1. The van der Waals surface area contributed by atoms with Crippen molar-refractivity contribution < 1.29 is 14.3 Å². The van der Waals surface area contributed by atoms with Crippen LogP contribution in [0.4, 0.5) is 17.3 Å². The summed E-state index contributed by atoms with van der Waals surface area (Å²) >= 11 is 0. The smallest absolute Gasteiger partial charge is 0.274 e. The maximum Gasteiger partial charge on any atom is 0.274 e. The molecule has 1 saturated carbocycles. The van der Waals surface area contributed by atoms with E-state index in [9.17, 15) is 9.59 Å². The number of nitrogens with one attached hydrogen (secondary N) is 3. The van der Waals surface area contributed by atoms with Crippen LogP contribution in [-0.2, 0) is 9.47 Å². The minimum Gasteiger partial charge on any atom is -0.381 e. The highest BCUT2D eigenvalue weighted by Crippen LogP contribution is 2.33. The summed E-state index contributed by atoms with van der Waals surface area (Å²) in [5.41, 5.74) is 3.27. The van der Waals surface area contributed by atoms with Crippen LogP contribution in [0.25, 0.3) is 5.65 Å². The number of pyridine rings is 1. The number of carbonyl (C=O) groups is 1. The van der Waals surface area contributed by atoms with Gasteiger partial charge in [0.25, 0.3) is 11.5 Å². The van der Waals surface area contributed by atoms with Gasteiger partial charge in [0.15, 0.2) is 5.65 Å². The zero-order chi connectivity index (χ0) is 24.7. The van der Waals surface area contributed by atoms with E-state index in [1.807, 2.05) is 13.0 Å². The van der Waals surface area contributed by atoms with Crippen LogP contribution in [0.2, 0.25) is 0 Å². The Morgan fingerprint density at radius 2 is 2.09 bits per heavy atom. The second kappa shape index (κ2) is 8.95. The molecule has 35 heavy (non-hydrogen) atoms. The van der Waals surface area contributed by atoms with E-state index in [1.54, 1.807) is 53.7 Å². The Labute approximate surface area is 202 Å². The summed E-state index contributed by atoms with van der Waals surface area (Å²) in [7, 11) is 5.06. The molecule has 3 aromatic heterocycles. The normalized spacial score (nSPS) is 24.0.